The van der Waals surface area contributed by atoms with Gasteiger partial charge in [-0.1, -0.05) is 16.8 Å². The highest BCUT2D eigenvalue weighted by Gasteiger charge is 2.20. The molecule has 3 rings (SSSR count). The molecule has 0 atom stereocenters. The number of hydrogen-bond acceptors (Lipinski definition) is 5. The zero-order valence-corrected chi connectivity index (χ0v) is 13.6. The molecule has 0 unspecified atom stereocenters. The minimum atomic E-state index is -0.0584. The van der Waals surface area contributed by atoms with Crippen LogP contribution >= 0.6 is 11.6 Å². The van der Waals surface area contributed by atoms with Gasteiger partial charge in [-0.2, -0.15) is 0 Å². The van der Waals surface area contributed by atoms with E-state index in [0.717, 1.165) is 17.1 Å². The molecule has 1 aromatic carbocycles. The van der Waals surface area contributed by atoms with Crippen LogP contribution in [0.1, 0.15) is 21.8 Å². The number of amides is 1. The average molecular weight is 336 g/mol. The van der Waals surface area contributed by atoms with Gasteiger partial charge in [0.05, 0.1) is 30.3 Å². The van der Waals surface area contributed by atoms with E-state index in [1.807, 2.05) is 19.1 Å². The van der Waals surface area contributed by atoms with E-state index in [9.17, 15) is 4.79 Å². The summed E-state index contributed by atoms with van der Waals surface area (Å²) in [6, 6.07) is 7.20. The molecular weight excluding hydrogens is 318 g/mol. The molecule has 2 heterocycles. The van der Waals surface area contributed by atoms with Gasteiger partial charge in [-0.15, -0.1) is 0 Å². The number of aromatic nitrogens is 1. The standard InChI is InChI=1S/C16H18ClN3O3/c1-11-8-13(19-23-11)10-18-12-2-3-14(15(17)9-12)16(21)20-4-6-22-7-5-20/h2-3,8-9,18H,4-7,10H2,1H3. The molecule has 0 spiro atoms. The summed E-state index contributed by atoms with van der Waals surface area (Å²) in [5.41, 5.74) is 2.15. The highest BCUT2D eigenvalue weighted by atomic mass is 35.5. The Kier molecular flexibility index (Phi) is 4.83. The lowest BCUT2D eigenvalue weighted by Gasteiger charge is -2.27. The van der Waals surface area contributed by atoms with Crippen LogP contribution in [0.3, 0.4) is 0 Å². The highest BCUT2D eigenvalue weighted by molar-refractivity contribution is 6.34. The maximum absolute atomic E-state index is 12.5. The summed E-state index contributed by atoms with van der Waals surface area (Å²) >= 11 is 6.28. The van der Waals surface area contributed by atoms with Gasteiger partial charge in [0.15, 0.2) is 0 Å². The van der Waals surface area contributed by atoms with Crippen LogP contribution in [0.2, 0.25) is 5.02 Å². The fourth-order valence-electron chi connectivity index (χ4n) is 2.43. The molecule has 1 fully saturated rings. The zero-order chi connectivity index (χ0) is 16.2. The summed E-state index contributed by atoms with van der Waals surface area (Å²) in [6.07, 6.45) is 0. The normalized spacial score (nSPS) is 14.8. The van der Waals surface area contributed by atoms with E-state index >= 15 is 0 Å². The molecule has 1 N–H and O–H groups in total. The van der Waals surface area contributed by atoms with Gasteiger partial charge in [-0.05, 0) is 25.1 Å². The van der Waals surface area contributed by atoms with Gasteiger partial charge >= 0.3 is 0 Å². The smallest absolute Gasteiger partial charge is 0.255 e. The summed E-state index contributed by atoms with van der Waals surface area (Å²) in [5.74, 6) is 0.711. The second-order valence-corrected chi connectivity index (χ2v) is 5.79. The summed E-state index contributed by atoms with van der Waals surface area (Å²) in [4.78, 5) is 14.2. The lowest BCUT2D eigenvalue weighted by molar-refractivity contribution is 0.0303. The van der Waals surface area contributed by atoms with Crippen molar-refractivity contribution < 1.29 is 14.1 Å². The van der Waals surface area contributed by atoms with Crippen LogP contribution in [0, 0.1) is 6.92 Å². The first kappa shape index (κ1) is 15.8. The number of benzene rings is 1. The number of nitrogens with zero attached hydrogens (tertiary/aromatic N) is 2. The third-order valence-electron chi connectivity index (χ3n) is 3.65. The first-order valence-electron chi connectivity index (χ1n) is 7.46. The van der Waals surface area contributed by atoms with Crippen LogP contribution in [0.5, 0.6) is 0 Å². The van der Waals surface area contributed by atoms with Crippen molar-refractivity contribution in [3.8, 4) is 0 Å². The molecule has 0 aliphatic carbocycles. The van der Waals surface area contributed by atoms with Gasteiger partial charge in [0.1, 0.15) is 11.5 Å². The Bertz CT molecular complexity index is 696. The Morgan fingerprint density at radius 3 is 2.78 bits per heavy atom. The number of halogens is 1. The van der Waals surface area contributed by atoms with Gasteiger partial charge in [0.25, 0.3) is 5.91 Å². The molecule has 2 aromatic rings. The number of aryl methyl sites for hydroxylation is 1. The molecule has 1 aliphatic heterocycles. The molecule has 1 aliphatic rings. The molecule has 6 nitrogen and oxygen atoms in total. The van der Waals surface area contributed by atoms with Gasteiger partial charge in [0, 0.05) is 24.8 Å². The number of anilines is 1. The maximum atomic E-state index is 12.5. The lowest BCUT2D eigenvalue weighted by Crippen LogP contribution is -2.40. The number of nitrogens with one attached hydrogen (secondary N) is 1. The number of ether oxygens (including phenoxy) is 1. The minimum absolute atomic E-state index is 0.0584. The minimum Gasteiger partial charge on any atom is -0.379 e. The van der Waals surface area contributed by atoms with E-state index in [-0.39, 0.29) is 5.91 Å². The molecular formula is C16H18ClN3O3. The van der Waals surface area contributed by atoms with Gasteiger partial charge in [0.2, 0.25) is 0 Å². The third-order valence-corrected chi connectivity index (χ3v) is 3.96. The number of carbonyl (C=O) groups is 1. The Morgan fingerprint density at radius 1 is 1.35 bits per heavy atom. The van der Waals surface area contributed by atoms with Gasteiger partial charge in [-0.3, -0.25) is 4.79 Å². The van der Waals surface area contributed by atoms with E-state index in [1.54, 1.807) is 17.0 Å². The third kappa shape index (κ3) is 3.83. The second-order valence-electron chi connectivity index (χ2n) is 5.38. The second kappa shape index (κ2) is 7.02. The van der Waals surface area contributed by atoms with Gasteiger partial charge in [-0.25, -0.2) is 0 Å². The number of morpholine rings is 1. The van der Waals surface area contributed by atoms with E-state index in [0.29, 0.717) is 43.4 Å². The molecule has 1 amide bonds. The van der Waals surface area contributed by atoms with Crippen molar-refractivity contribution in [1.82, 2.24) is 10.1 Å². The molecule has 7 heteroatoms. The van der Waals surface area contributed by atoms with Gasteiger partial charge < -0.3 is 19.5 Å². The topological polar surface area (TPSA) is 67.6 Å². The van der Waals surface area contributed by atoms with Crippen LogP contribution in [0.4, 0.5) is 5.69 Å². The van der Waals surface area contributed by atoms with Crippen LogP contribution in [-0.2, 0) is 11.3 Å². The quantitative estimate of drug-likeness (QED) is 0.930. The Balaban J connectivity index is 1.66. The predicted octanol–water partition coefficient (Wildman–Crippen LogP) is 2.72. The van der Waals surface area contributed by atoms with Crippen molar-refractivity contribution in [2.75, 3.05) is 31.6 Å². The van der Waals surface area contributed by atoms with Crippen molar-refractivity contribution in [3.05, 3.63) is 46.3 Å². The SMILES string of the molecule is Cc1cc(CNc2ccc(C(=O)N3CCOCC3)c(Cl)c2)no1. The largest absolute Gasteiger partial charge is 0.379 e. The first-order valence-corrected chi connectivity index (χ1v) is 7.84. The van der Waals surface area contributed by atoms with Crippen LogP contribution in [0.25, 0.3) is 0 Å². The summed E-state index contributed by atoms with van der Waals surface area (Å²) in [5, 5.41) is 7.56. The Morgan fingerprint density at radius 2 is 2.13 bits per heavy atom. The van der Waals surface area contributed by atoms with Crippen molar-refractivity contribution in [2.45, 2.75) is 13.5 Å². The fourth-order valence-corrected chi connectivity index (χ4v) is 2.69. The van der Waals surface area contributed by atoms with Crippen LogP contribution in [0.15, 0.2) is 28.8 Å². The zero-order valence-electron chi connectivity index (χ0n) is 12.8. The summed E-state index contributed by atoms with van der Waals surface area (Å²) in [7, 11) is 0. The molecule has 0 saturated carbocycles. The highest BCUT2D eigenvalue weighted by Crippen LogP contribution is 2.23. The Hall–Kier alpha value is -2.05. The van der Waals surface area contributed by atoms with E-state index < -0.39 is 0 Å². The molecule has 1 saturated heterocycles. The molecule has 122 valence electrons. The average Bonchev–Trinajstić information content (AvgIpc) is 2.99. The number of hydrogen-bond donors (Lipinski definition) is 1. The van der Waals surface area contributed by atoms with E-state index in [1.165, 1.54) is 0 Å². The summed E-state index contributed by atoms with van der Waals surface area (Å²) < 4.78 is 10.3. The molecule has 0 bridgehead atoms. The van der Waals surface area contributed by atoms with E-state index in [2.05, 4.69) is 10.5 Å². The molecule has 1 aromatic heterocycles. The predicted molar refractivity (Wildman–Crippen MR) is 86.7 cm³/mol. The molecule has 23 heavy (non-hydrogen) atoms. The van der Waals surface area contributed by atoms with Crippen molar-refractivity contribution >= 4 is 23.2 Å². The van der Waals surface area contributed by atoms with Crippen LogP contribution in [-0.4, -0.2) is 42.3 Å². The lowest BCUT2D eigenvalue weighted by atomic mass is 10.1. The van der Waals surface area contributed by atoms with Crippen LogP contribution < -0.4 is 5.32 Å². The maximum Gasteiger partial charge on any atom is 0.255 e. The number of carbonyl (C=O) groups excluding carboxylic acids is 1. The first-order chi connectivity index (χ1) is 11.1. The molecule has 0 radical (unpaired) electrons. The Labute approximate surface area is 139 Å². The fraction of sp³-hybridized carbons (Fsp3) is 0.375. The van der Waals surface area contributed by atoms with Crippen molar-refractivity contribution in [2.24, 2.45) is 0 Å². The van der Waals surface area contributed by atoms with E-state index in [4.69, 9.17) is 20.9 Å². The monoisotopic (exact) mass is 335 g/mol. The van der Waals surface area contributed by atoms with Crippen molar-refractivity contribution in [1.29, 1.82) is 0 Å². The van der Waals surface area contributed by atoms with Crippen molar-refractivity contribution in [3.63, 3.8) is 0 Å². The number of rotatable bonds is 4. The summed E-state index contributed by atoms with van der Waals surface area (Å²) in [6.45, 7) is 4.71.